The summed E-state index contributed by atoms with van der Waals surface area (Å²) in [7, 11) is -3.00. The molecule has 8 nitrogen and oxygen atoms in total. The number of imidazole rings is 1. The Balaban J connectivity index is 1.71. The van der Waals surface area contributed by atoms with Crippen LogP contribution in [0.25, 0.3) is 11.0 Å². The number of benzene rings is 2. The van der Waals surface area contributed by atoms with Crippen molar-refractivity contribution in [3.8, 4) is 0 Å². The molecule has 1 aliphatic rings. The molecule has 0 amide bonds. The second-order valence-electron chi connectivity index (χ2n) is 6.87. The molecule has 3 aromatic rings. The predicted octanol–water partition coefficient (Wildman–Crippen LogP) is 4.10. The molecule has 2 aromatic carbocycles. The molecule has 1 aromatic heterocycles. The number of fused-ring (bicyclic) bond motifs is 1. The van der Waals surface area contributed by atoms with E-state index in [1.807, 2.05) is 17.7 Å². The van der Waals surface area contributed by atoms with Crippen LogP contribution in [-0.4, -0.2) is 28.6 Å². The van der Waals surface area contributed by atoms with Gasteiger partial charge in [-0.05, 0) is 43.2 Å². The lowest BCUT2D eigenvalue weighted by Gasteiger charge is -2.09. The van der Waals surface area contributed by atoms with Gasteiger partial charge in [0.1, 0.15) is 11.5 Å². The molecule has 4 rings (SSSR count). The third kappa shape index (κ3) is 3.41. The number of hydrogen-bond donors (Lipinski definition) is 1. The van der Waals surface area contributed by atoms with Gasteiger partial charge >= 0.3 is 5.76 Å². The van der Waals surface area contributed by atoms with Gasteiger partial charge in [0.05, 0.1) is 20.9 Å². The van der Waals surface area contributed by atoms with Crippen LogP contribution < -0.4 is 5.32 Å². The van der Waals surface area contributed by atoms with E-state index in [9.17, 15) is 27.3 Å². The fourth-order valence-electron chi connectivity index (χ4n) is 3.21. The average Bonchev–Trinajstić information content (AvgIpc) is 3.46. The number of aryl methyl sites for hydroxylation is 1. The van der Waals surface area contributed by atoms with Crippen LogP contribution in [0.1, 0.15) is 24.6 Å². The molecule has 1 saturated carbocycles. The van der Waals surface area contributed by atoms with E-state index in [0.717, 1.165) is 41.8 Å². The summed E-state index contributed by atoms with van der Waals surface area (Å²) in [6.07, 6.45) is 2.20. The number of aromatic nitrogens is 2. The number of anilines is 2. The Hall–Kier alpha value is -3.08. The van der Waals surface area contributed by atoms with Crippen LogP contribution in [0.2, 0.25) is 0 Å². The average molecular weight is 422 g/mol. The summed E-state index contributed by atoms with van der Waals surface area (Å²) in [4.78, 5) is 14.4. The van der Waals surface area contributed by atoms with Gasteiger partial charge in [-0.2, -0.15) is 8.78 Å². The van der Waals surface area contributed by atoms with E-state index in [-0.39, 0.29) is 5.69 Å². The normalized spacial score (nSPS) is 14.5. The summed E-state index contributed by atoms with van der Waals surface area (Å²) in [5.74, 6) is -2.22. The van der Waals surface area contributed by atoms with Crippen molar-refractivity contribution in [1.29, 1.82) is 0 Å². The van der Waals surface area contributed by atoms with E-state index < -0.39 is 31.1 Å². The third-order valence-electron chi connectivity index (χ3n) is 4.87. The van der Waals surface area contributed by atoms with E-state index >= 15 is 0 Å². The van der Waals surface area contributed by atoms with Gasteiger partial charge in [0.15, 0.2) is 0 Å². The molecule has 1 heterocycles. The minimum Gasteiger partial charge on any atom is -0.350 e. The zero-order valence-corrected chi connectivity index (χ0v) is 16.0. The highest BCUT2D eigenvalue weighted by Crippen LogP contribution is 2.40. The molecule has 0 aliphatic heterocycles. The Morgan fingerprint density at radius 1 is 1.24 bits per heavy atom. The number of alkyl halides is 2. The molecule has 0 radical (unpaired) electrons. The van der Waals surface area contributed by atoms with Crippen LogP contribution >= 0.6 is 0 Å². The zero-order valence-electron chi connectivity index (χ0n) is 15.2. The van der Waals surface area contributed by atoms with Crippen molar-refractivity contribution in [2.75, 3.05) is 5.32 Å². The summed E-state index contributed by atoms with van der Waals surface area (Å²) >= 11 is 0. The van der Waals surface area contributed by atoms with E-state index in [2.05, 4.69) is 10.3 Å². The first-order chi connectivity index (χ1) is 13.7. The van der Waals surface area contributed by atoms with Crippen LogP contribution in [0.15, 0.2) is 41.3 Å². The van der Waals surface area contributed by atoms with Crippen LogP contribution in [-0.2, 0) is 16.9 Å². The van der Waals surface area contributed by atoms with Crippen LogP contribution in [0.3, 0.4) is 0 Å². The zero-order chi connectivity index (χ0) is 20.9. The van der Waals surface area contributed by atoms with Crippen LogP contribution in [0, 0.1) is 10.1 Å². The van der Waals surface area contributed by atoms with E-state index in [1.165, 1.54) is 0 Å². The molecule has 152 valence electrons. The second-order valence-corrected chi connectivity index (χ2v) is 8.79. The fourth-order valence-corrected chi connectivity index (χ4v) is 3.95. The van der Waals surface area contributed by atoms with Crippen LogP contribution in [0.4, 0.5) is 25.8 Å². The van der Waals surface area contributed by atoms with Gasteiger partial charge in [0.25, 0.3) is 5.69 Å². The third-order valence-corrected chi connectivity index (χ3v) is 6.25. The van der Waals surface area contributed by atoms with Gasteiger partial charge in [0.2, 0.25) is 9.84 Å². The lowest BCUT2D eigenvalue weighted by Crippen LogP contribution is -2.12. The lowest BCUT2D eigenvalue weighted by atomic mass is 10.2. The molecule has 0 unspecified atom stereocenters. The van der Waals surface area contributed by atoms with Gasteiger partial charge in [-0.25, -0.2) is 13.4 Å². The first-order valence-electron chi connectivity index (χ1n) is 8.72. The Morgan fingerprint density at radius 2 is 1.97 bits per heavy atom. The number of sulfone groups is 1. The predicted molar refractivity (Wildman–Crippen MR) is 102 cm³/mol. The number of nitrogens with one attached hydrogen (secondary N) is 1. The topological polar surface area (TPSA) is 107 Å². The summed E-state index contributed by atoms with van der Waals surface area (Å²) < 4.78 is 50.7. The lowest BCUT2D eigenvalue weighted by molar-refractivity contribution is -0.384. The molecule has 11 heteroatoms. The van der Waals surface area contributed by atoms with Gasteiger partial charge < -0.3 is 9.88 Å². The quantitative estimate of drug-likeness (QED) is 0.473. The van der Waals surface area contributed by atoms with Crippen molar-refractivity contribution >= 4 is 37.9 Å². The highest BCUT2D eigenvalue weighted by atomic mass is 32.2. The van der Waals surface area contributed by atoms with Crippen LogP contribution in [0.5, 0.6) is 0 Å². The first-order valence-corrected chi connectivity index (χ1v) is 10.3. The molecule has 0 atom stereocenters. The number of hydrogen-bond acceptors (Lipinski definition) is 6. The van der Waals surface area contributed by atoms with Crippen molar-refractivity contribution in [3.05, 3.63) is 52.3 Å². The van der Waals surface area contributed by atoms with Crippen molar-refractivity contribution < 1.29 is 22.1 Å². The summed E-state index contributed by atoms with van der Waals surface area (Å²) in [5, 5.41) is 14.2. The van der Waals surface area contributed by atoms with Crippen molar-refractivity contribution in [2.45, 2.75) is 29.4 Å². The largest absolute Gasteiger partial charge is 0.350 e. The number of nitro groups is 1. The van der Waals surface area contributed by atoms with E-state index in [1.54, 1.807) is 12.1 Å². The van der Waals surface area contributed by atoms with Crippen molar-refractivity contribution in [3.63, 3.8) is 0 Å². The number of nitro benzene ring substituents is 1. The molecule has 1 N–H and O–H groups in total. The molecular formula is C18H16F2N4O4S. The molecule has 1 fully saturated rings. The Labute approximate surface area is 164 Å². The second kappa shape index (κ2) is 6.76. The monoisotopic (exact) mass is 422 g/mol. The Kier molecular flexibility index (Phi) is 4.49. The molecule has 29 heavy (non-hydrogen) atoms. The summed E-state index contributed by atoms with van der Waals surface area (Å²) in [5.41, 5.74) is 1.52. The van der Waals surface area contributed by atoms with E-state index in [0.29, 0.717) is 17.7 Å². The van der Waals surface area contributed by atoms with Gasteiger partial charge in [-0.15, -0.1) is 0 Å². The van der Waals surface area contributed by atoms with Gasteiger partial charge in [-0.1, -0.05) is 0 Å². The van der Waals surface area contributed by atoms with Gasteiger partial charge in [-0.3, -0.25) is 10.1 Å². The fraction of sp³-hybridized carbons (Fsp3) is 0.278. The summed E-state index contributed by atoms with van der Waals surface area (Å²) in [6.45, 7) is 0. The standard InChI is InChI=1S/C18H16F2N4O4S/c1-23-15-7-4-11(8-14(15)22-17(23)10-2-3-10)21-13-6-5-12(9-16(13)24(25)26)29(27,28)18(19)20/h4-10,18,21H,2-3H2,1H3. The summed E-state index contributed by atoms with van der Waals surface area (Å²) in [6, 6.07) is 7.93. The van der Waals surface area contributed by atoms with Crippen molar-refractivity contribution in [1.82, 2.24) is 9.55 Å². The molecular weight excluding hydrogens is 406 g/mol. The van der Waals surface area contributed by atoms with E-state index in [4.69, 9.17) is 0 Å². The van der Waals surface area contributed by atoms with Crippen molar-refractivity contribution in [2.24, 2.45) is 7.05 Å². The maximum atomic E-state index is 12.7. The number of rotatable bonds is 6. The number of nitrogens with zero attached hydrogens (tertiary/aromatic N) is 3. The Morgan fingerprint density at radius 3 is 2.59 bits per heavy atom. The Bertz CT molecular complexity index is 1240. The minimum atomic E-state index is -4.93. The first kappa shape index (κ1) is 19.2. The van der Waals surface area contributed by atoms with Gasteiger partial charge in [0, 0.05) is 24.7 Å². The minimum absolute atomic E-state index is 0.0130. The molecule has 0 saturated heterocycles. The smallest absolute Gasteiger partial charge is 0.341 e. The number of halogens is 2. The molecule has 0 bridgehead atoms. The molecule has 1 aliphatic carbocycles. The SMILES string of the molecule is Cn1c(C2CC2)nc2cc(Nc3ccc(S(=O)(=O)C(F)F)cc3[N+](=O)[O-])ccc21. The molecule has 0 spiro atoms. The maximum Gasteiger partial charge on any atom is 0.341 e. The maximum absolute atomic E-state index is 12.7. The highest BCUT2D eigenvalue weighted by molar-refractivity contribution is 7.91. The highest BCUT2D eigenvalue weighted by Gasteiger charge is 2.30.